The Kier molecular flexibility index (Phi) is 8.67. The van der Waals surface area contributed by atoms with Crippen molar-refractivity contribution < 1.29 is 86.9 Å². The van der Waals surface area contributed by atoms with Crippen molar-refractivity contribution in [2.24, 2.45) is 0 Å². The van der Waals surface area contributed by atoms with Crippen LogP contribution in [0.4, 0.5) is 43.9 Å². The minimum absolute atomic E-state index is 0. The third-order valence-electron chi connectivity index (χ3n) is 1.29. The van der Waals surface area contributed by atoms with Crippen LogP contribution in [0.5, 0.6) is 0 Å². The van der Waals surface area contributed by atoms with E-state index < -0.39 is 43.1 Å². The molecule has 0 amide bonds. The molecule has 0 unspecified atom stereocenters. The molecule has 0 fully saturated rings. The van der Waals surface area contributed by atoms with E-state index in [-0.39, 0.29) is 17.1 Å². The van der Waals surface area contributed by atoms with Crippen molar-refractivity contribution in [2.75, 3.05) is 0 Å². The van der Waals surface area contributed by atoms with Gasteiger partial charge in [-0.15, -0.1) is 0 Å². The fourth-order valence-electron chi connectivity index (χ4n) is 0.283. The van der Waals surface area contributed by atoms with Crippen molar-refractivity contribution in [3.8, 4) is 0 Å². The topological polar surface area (TPSA) is 114 Å². The zero-order valence-corrected chi connectivity index (χ0v) is 11.9. The molecule has 6 nitrogen and oxygen atoms in total. The first kappa shape index (κ1) is 27.5. The molecule has 0 saturated heterocycles. The molecule has 0 aromatic carbocycles. The van der Waals surface area contributed by atoms with Crippen molar-refractivity contribution in [3.63, 3.8) is 0 Å². The second kappa shape index (κ2) is 7.26. The van der Waals surface area contributed by atoms with Crippen LogP contribution in [0.15, 0.2) is 0 Å². The van der Waals surface area contributed by atoms with Gasteiger partial charge in [0.05, 0.1) is 0 Å². The molecule has 0 N–H and O–H groups in total. The fourth-order valence-corrected chi connectivity index (χ4v) is 0.850. The van der Waals surface area contributed by atoms with E-state index in [1.54, 1.807) is 0 Å². The molecule has 145 valence electrons. The van der Waals surface area contributed by atoms with E-state index >= 15 is 0 Å². The van der Waals surface area contributed by atoms with E-state index in [1.165, 1.54) is 0 Å². The Hall–Kier alpha value is -0.361. The van der Waals surface area contributed by atoms with Gasteiger partial charge < -0.3 is 9.11 Å². The summed E-state index contributed by atoms with van der Waals surface area (Å²) in [6, 6.07) is 0. The molecule has 0 atom stereocenters. The first-order chi connectivity index (χ1) is 9.00. The van der Waals surface area contributed by atoms with Gasteiger partial charge in [0.15, 0.2) is 20.2 Å². The number of alkyl halides is 10. The summed E-state index contributed by atoms with van der Waals surface area (Å²) in [5.74, 6) is 0. The normalized spacial score (nSPS) is 14.4. The predicted molar refractivity (Wildman–Crippen MR) is 41.4 cm³/mol. The average molecular weight is 462 g/mol. The van der Waals surface area contributed by atoms with Crippen LogP contribution in [0.1, 0.15) is 0 Å². The molecule has 0 saturated carbocycles. The van der Waals surface area contributed by atoms with E-state index in [1.807, 2.05) is 0 Å². The molecular weight excluding hydrogens is 462 g/mol. The Labute approximate surface area is 130 Å². The summed E-state index contributed by atoms with van der Waals surface area (Å²) in [5.41, 5.74) is 0. The molecule has 0 spiro atoms. The number of hydrogen-bond acceptors (Lipinski definition) is 6. The molecule has 0 heterocycles. The van der Waals surface area contributed by atoms with Crippen LogP contribution in [-0.2, 0) is 37.3 Å². The van der Waals surface area contributed by atoms with Gasteiger partial charge in [0, 0.05) is 0 Å². The molecule has 0 bridgehead atoms. The summed E-state index contributed by atoms with van der Waals surface area (Å²) in [4.78, 5) is 0. The molecule has 23 heavy (non-hydrogen) atoms. The molecule has 0 aromatic heterocycles. The maximum Gasteiger partial charge on any atom is 2.00 e. The van der Waals surface area contributed by atoms with Crippen LogP contribution in [0.2, 0.25) is 0 Å². The van der Waals surface area contributed by atoms with Crippen LogP contribution < -0.4 is 0 Å². The second-order valence-electron chi connectivity index (χ2n) is 2.94. The summed E-state index contributed by atoms with van der Waals surface area (Å²) in [7, 11) is -13.3. The Morgan fingerprint density at radius 3 is 0.652 bits per heavy atom. The minimum Gasteiger partial charge on any atom is -0.743 e. The SMILES string of the molecule is O=S(=O)([O-])C(F)(F)C(F)(F)F.O=S(=O)([O-])C(F)(F)C(F)(F)F.[Cu+2]. The van der Waals surface area contributed by atoms with Crippen molar-refractivity contribution in [3.05, 3.63) is 0 Å². The number of hydrogen-bond donors (Lipinski definition) is 0. The summed E-state index contributed by atoms with van der Waals surface area (Å²) in [5, 5.41) is -12.4. The molecule has 0 aromatic rings. The average Bonchev–Trinajstić information content (AvgIpc) is 2.10. The largest absolute Gasteiger partial charge is 2.00 e. The predicted octanol–water partition coefficient (Wildman–Crippen LogP) is 1.37. The van der Waals surface area contributed by atoms with Gasteiger partial charge in [-0.05, 0) is 0 Å². The smallest absolute Gasteiger partial charge is 0.743 e. The van der Waals surface area contributed by atoms with Crippen LogP contribution in [-0.4, -0.2) is 48.8 Å². The van der Waals surface area contributed by atoms with Crippen molar-refractivity contribution in [1.82, 2.24) is 0 Å². The van der Waals surface area contributed by atoms with Gasteiger partial charge >= 0.3 is 39.9 Å². The quantitative estimate of drug-likeness (QED) is 0.348. The van der Waals surface area contributed by atoms with Crippen molar-refractivity contribution in [2.45, 2.75) is 22.9 Å². The van der Waals surface area contributed by atoms with Gasteiger partial charge in [-0.2, -0.15) is 43.9 Å². The fraction of sp³-hybridized carbons (Fsp3) is 1.00. The van der Waals surface area contributed by atoms with Crippen LogP contribution in [0.25, 0.3) is 0 Å². The standard InChI is InChI=1S/2C2HF5O3S.Cu/c2*3-1(4,5)2(6,7)11(8,9)10;/h2*(H,8,9,10);/q;;+2/p-2. The molecule has 0 aliphatic rings. The van der Waals surface area contributed by atoms with E-state index in [2.05, 4.69) is 0 Å². The van der Waals surface area contributed by atoms with Gasteiger partial charge in [0.25, 0.3) is 0 Å². The summed E-state index contributed by atoms with van der Waals surface area (Å²) in [6.07, 6.45) is -12.7. The van der Waals surface area contributed by atoms with Crippen LogP contribution in [0.3, 0.4) is 0 Å². The first-order valence-electron chi connectivity index (χ1n) is 3.80. The zero-order chi connectivity index (χ0) is 19.0. The summed E-state index contributed by atoms with van der Waals surface area (Å²) < 4.78 is 167. The third-order valence-corrected chi connectivity index (χ3v) is 3.01. The Bertz CT molecular complexity index is 534. The molecule has 0 aliphatic heterocycles. The molecule has 19 heteroatoms. The van der Waals surface area contributed by atoms with E-state index in [0.29, 0.717) is 0 Å². The third kappa shape index (κ3) is 6.57. The molecule has 1 radical (unpaired) electrons. The number of halogens is 10. The van der Waals surface area contributed by atoms with Gasteiger partial charge in [0.1, 0.15) is 0 Å². The van der Waals surface area contributed by atoms with Gasteiger partial charge in [-0.25, -0.2) is 16.8 Å². The molecular formula is C4CuF10O6S2. The van der Waals surface area contributed by atoms with Gasteiger partial charge in [-0.1, -0.05) is 0 Å². The summed E-state index contributed by atoms with van der Waals surface area (Å²) in [6.45, 7) is 0. The van der Waals surface area contributed by atoms with Crippen LogP contribution in [0, 0.1) is 0 Å². The van der Waals surface area contributed by atoms with E-state index in [9.17, 15) is 69.8 Å². The monoisotopic (exact) mass is 461 g/mol. The Morgan fingerprint density at radius 1 is 0.522 bits per heavy atom. The maximum atomic E-state index is 11.4. The van der Waals surface area contributed by atoms with Crippen molar-refractivity contribution in [1.29, 1.82) is 0 Å². The number of rotatable bonds is 2. The van der Waals surface area contributed by atoms with Gasteiger partial charge in [-0.3, -0.25) is 0 Å². The minimum atomic E-state index is -6.67. The first-order valence-corrected chi connectivity index (χ1v) is 6.61. The van der Waals surface area contributed by atoms with Crippen LogP contribution >= 0.6 is 0 Å². The van der Waals surface area contributed by atoms with Gasteiger partial charge in [0.2, 0.25) is 0 Å². The van der Waals surface area contributed by atoms with Crippen molar-refractivity contribution >= 4 is 20.2 Å². The molecule has 0 aliphatic carbocycles. The van der Waals surface area contributed by atoms with E-state index in [0.717, 1.165) is 0 Å². The molecule has 0 rings (SSSR count). The van der Waals surface area contributed by atoms with E-state index in [4.69, 9.17) is 0 Å². The Morgan fingerprint density at radius 2 is 0.652 bits per heavy atom. The summed E-state index contributed by atoms with van der Waals surface area (Å²) >= 11 is 0. The zero-order valence-electron chi connectivity index (χ0n) is 9.35. The Balaban J connectivity index is -0.000000333. The maximum absolute atomic E-state index is 11.4. The second-order valence-corrected chi connectivity index (χ2v) is 5.78.